The molecule has 1 aromatic heterocycles. The number of amides is 1. The number of rotatable bonds is 4. The van der Waals surface area contributed by atoms with Crippen molar-refractivity contribution in [2.24, 2.45) is 0 Å². The third-order valence-corrected chi connectivity index (χ3v) is 4.19. The Labute approximate surface area is 150 Å². The smallest absolute Gasteiger partial charge is 0.257 e. The average molecular weight is 350 g/mol. The number of nitrogens with zero attached hydrogens (tertiary/aromatic N) is 1. The molecular formula is C20H18N2O4. The van der Waals surface area contributed by atoms with Gasteiger partial charge in [0.2, 0.25) is 0 Å². The minimum absolute atomic E-state index is 0.245. The van der Waals surface area contributed by atoms with Crippen molar-refractivity contribution >= 4 is 5.91 Å². The van der Waals surface area contributed by atoms with Gasteiger partial charge in [0.05, 0.1) is 6.54 Å². The first-order valence-corrected chi connectivity index (χ1v) is 8.41. The Bertz CT molecular complexity index is 921. The molecule has 0 fully saturated rings. The van der Waals surface area contributed by atoms with Gasteiger partial charge in [0.25, 0.3) is 5.91 Å². The van der Waals surface area contributed by atoms with E-state index in [0.29, 0.717) is 35.9 Å². The van der Waals surface area contributed by atoms with Gasteiger partial charge in [-0.2, -0.15) is 0 Å². The third kappa shape index (κ3) is 3.13. The molecule has 6 nitrogen and oxygen atoms in total. The Balaban J connectivity index is 1.46. The van der Waals surface area contributed by atoms with Crippen molar-refractivity contribution in [3.63, 3.8) is 0 Å². The van der Waals surface area contributed by atoms with Crippen LogP contribution in [0.5, 0.6) is 11.5 Å². The van der Waals surface area contributed by atoms with E-state index in [9.17, 15) is 4.79 Å². The van der Waals surface area contributed by atoms with Gasteiger partial charge in [0.15, 0.2) is 11.5 Å². The highest BCUT2D eigenvalue weighted by Gasteiger charge is 2.25. The Hall–Kier alpha value is -3.28. The van der Waals surface area contributed by atoms with Gasteiger partial charge in [-0.3, -0.25) is 4.79 Å². The van der Waals surface area contributed by atoms with E-state index >= 15 is 0 Å². The number of fused-ring (bicyclic) bond motifs is 1. The summed E-state index contributed by atoms with van der Waals surface area (Å²) in [6.45, 7) is 2.43. The standard InChI is InChI=1S/C20H18N2O4/c1-13-18(19(22-26-13)14-7-3-2-4-8-14)20(23)21-11-15-12-24-16-9-5-6-10-17(16)25-15/h2-10,15H,11-12H2,1H3,(H,21,23)/t15-/m0/s1. The Morgan fingerprint density at radius 3 is 2.65 bits per heavy atom. The van der Waals surface area contributed by atoms with Gasteiger partial charge in [0, 0.05) is 5.56 Å². The van der Waals surface area contributed by atoms with Crippen molar-refractivity contribution in [3.05, 3.63) is 65.9 Å². The van der Waals surface area contributed by atoms with E-state index in [4.69, 9.17) is 14.0 Å². The highest BCUT2D eigenvalue weighted by Crippen LogP contribution is 2.31. The molecule has 3 aromatic rings. The van der Waals surface area contributed by atoms with Crippen LogP contribution in [0.1, 0.15) is 16.1 Å². The summed E-state index contributed by atoms with van der Waals surface area (Å²) in [5.74, 6) is 1.64. The summed E-state index contributed by atoms with van der Waals surface area (Å²) in [4.78, 5) is 12.7. The van der Waals surface area contributed by atoms with E-state index in [1.807, 2.05) is 54.6 Å². The van der Waals surface area contributed by atoms with Crippen LogP contribution in [0.2, 0.25) is 0 Å². The van der Waals surface area contributed by atoms with Gasteiger partial charge < -0.3 is 19.3 Å². The lowest BCUT2D eigenvalue weighted by molar-refractivity contribution is 0.0788. The first-order chi connectivity index (χ1) is 12.7. The summed E-state index contributed by atoms with van der Waals surface area (Å²) < 4.78 is 16.8. The molecule has 0 bridgehead atoms. The highest BCUT2D eigenvalue weighted by molar-refractivity contribution is 6.00. The summed E-state index contributed by atoms with van der Waals surface area (Å²) in [7, 11) is 0. The van der Waals surface area contributed by atoms with E-state index in [0.717, 1.165) is 11.3 Å². The number of hydrogen-bond acceptors (Lipinski definition) is 5. The Morgan fingerprint density at radius 2 is 1.85 bits per heavy atom. The summed E-state index contributed by atoms with van der Waals surface area (Å²) >= 11 is 0. The van der Waals surface area contributed by atoms with Crippen molar-refractivity contribution in [1.82, 2.24) is 10.5 Å². The molecule has 0 saturated heterocycles. The first-order valence-electron chi connectivity index (χ1n) is 8.41. The van der Waals surface area contributed by atoms with Crippen LogP contribution in [0.25, 0.3) is 11.3 Å². The fourth-order valence-electron chi connectivity index (χ4n) is 2.89. The summed E-state index contributed by atoms with van der Waals surface area (Å²) in [6.07, 6.45) is -0.255. The average Bonchev–Trinajstić information content (AvgIpc) is 3.08. The van der Waals surface area contributed by atoms with E-state index in [2.05, 4.69) is 10.5 Å². The molecule has 0 aliphatic carbocycles. The molecular weight excluding hydrogens is 332 g/mol. The van der Waals surface area contributed by atoms with Gasteiger partial charge >= 0.3 is 0 Å². The topological polar surface area (TPSA) is 73.6 Å². The van der Waals surface area contributed by atoms with Crippen LogP contribution < -0.4 is 14.8 Å². The monoisotopic (exact) mass is 350 g/mol. The molecule has 0 unspecified atom stereocenters. The van der Waals surface area contributed by atoms with Gasteiger partial charge in [-0.15, -0.1) is 0 Å². The number of para-hydroxylation sites is 2. The van der Waals surface area contributed by atoms with Crippen LogP contribution in [0.3, 0.4) is 0 Å². The zero-order valence-corrected chi connectivity index (χ0v) is 14.3. The molecule has 0 radical (unpaired) electrons. The molecule has 26 heavy (non-hydrogen) atoms. The molecule has 1 aliphatic heterocycles. The van der Waals surface area contributed by atoms with Crippen molar-refractivity contribution in [2.75, 3.05) is 13.2 Å². The zero-order valence-electron chi connectivity index (χ0n) is 14.3. The second-order valence-corrected chi connectivity index (χ2v) is 6.04. The molecule has 0 spiro atoms. The molecule has 1 amide bonds. The van der Waals surface area contributed by atoms with Crippen LogP contribution in [0.15, 0.2) is 59.1 Å². The van der Waals surface area contributed by atoms with Crippen molar-refractivity contribution in [1.29, 1.82) is 0 Å². The minimum Gasteiger partial charge on any atom is -0.486 e. The van der Waals surface area contributed by atoms with Crippen molar-refractivity contribution < 1.29 is 18.8 Å². The molecule has 2 heterocycles. The summed E-state index contributed by atoms with van der Waals surface area (Å²) in [6, 6.07) is 17.0. The third-order valence-electron chi connectivity index (χ3n) is 4.19. The summed E-state index contributed by atoms with van der Waals surface area (Å²) in [5.41, 5.74) is 1.81. The minimum atomic E-state index is -0.255. The van der Waals surface area contributed by atoms with Crippen LogP contribution in [-0.4, -0.2) is 30.3 Å². The van der Waals surface area contributed by atoms with E-state index in [1.165, 1.54) is 0 Å². The lowest BCUT2D eigenvalue weighted by atomic mass is 10.1. The molecule has 1 atom stereocenters. The second kappa shape index (κ2) is 6.92. The Kier molecular flexibility index (Phi) is 4.31. The fraction of sp³-hybridized carbons (Fsp3) is 0.200. The number of hydrogen-bond donors (Lipinski definition) is 1. The maximum atomic E-state index is 12.7. The molecule has 4 rings (SSSR count). The predicted octanol–water partition coefficient (Wildman–Crippen LogP) is 3.22. The number of aryl methyl sites for hydroxylation is 1. The Morgan fingerprint density at radius 1 is 1.12 bits per heavy atom. The zero-order chi connectivity index (χ0) is 17.9. The molecule has 6 heteroatoms. The van der Waals surface area contributed by atoms with Crippen LogP contribution >= 0.6 is 0 Å². The molecule has 132 valence electrons. The highest BCUT2D eigenvalue weighted by atomic mass is 16.6. The van der Waals surface area contributed by atoms with Crippen LogP contribution in [0.4, 0.5) is 0 Å². The number of aromatic nitrogens is 1. The van der Waals surface area contributed by atoms with E-state index in [-0.39, 0.29) is 12.0 Å². The number of carbonyl (C=O) groups is 1. The van der Waals surface area contributed by atoms with Gasteiger partial charge in [0.1, 0.15) is 29.7 Å². The van der Waals surface area contributed by atoms with Crippen molar-refractivity contribution in [3.8, 4) is 22.8 Å². The fourth-order valence-corrected chi connectivity index (χ4v) is 2.89. The molecule has 1 aliphatic rings. The maximum Gasteiger partial charge on any atom is 0.257 e. The number of nitrogens with one attached hydrogen (secondary N) is 1. The summed E-state index contributed by atoms with van der Waals surface area (Å²) in [5, 5.41) is 6.93. The lowest BCUT2D eigenvalue weighted by Gasteiger charge is -2.26. The van der Waals surface area contributed by atoms with Crippen LogP contribution in [-0.2, 0) is 0 Å². The van der Waals surface area contributed by atoms with Gasteiger partial charge in [-0.05, 0) is 19.1 Å². The lowest BCUT2D eigenvalue weighted by Crippen LogP contribution is -2.40. The van der Waals surface area contributed by atoms with Crippen LogP contribution in [0, 0.1) is 6.92 Å². The SMILES string of the molecule is Cc1onc(-c2ccccc2)c1C(=O)NC[C@H]1COc2ccccc2O1. The maximum absolute atomic E-state index is 12.7. The second-order valence-electron chi connectivity index (χ2n) is 6.04. The van der Waals surface area contributed by atoms with E-state index in [1.54, 1.807) is 6.92 Å². The van der Waals surface area contributed by atoms with Gasteiger partial charge in [-0.1, -0.05) is 47.6 Å². The molecule has 2 aromatic carbocycles. The molecule has 1 N–H and O–H groups in total. The van der Waals surface area contributed by atoms with Gasteiger partial charge in [-0.25, -0.2) is 0 Å². The largest absolute Gasteiger partial charge is 0.486 e. The quantitative estimate of drug-likeness (QED) is 0.782. The number of ether oxygens (including phenoxy) is 2. The molecule has 0 saturated carbocycles. The van der Waals surface area contributed by atoms with Crippen molar-refractivity contribution in [2.45, 2.75) is 13.0 Å². The normalized spacial score (nSPS) is 15.5. The number of benzene rings is 2. The van der Waals surface area contributed by atoms with E-state index < -0.39 is 0 Å². The predicted molar refractivity (Wildman–Crippen MR) is 95.4 cm³/mol. The first kappa shape index (κ1) is 16.2. The number of carbonyl (C=O) groups excluding carboxylic acids is 1.